The Hall–Kier alpha value is -4.97. The second-order valence-electron chi connectivity index (χ2n) is 13.1. The number of methoxy groups -OCH3 is 1. The van der Waals surface area contributed by atoms with Gasteiger partial charge in [-0.1, -0.05) is 42.5 Å². The molecular weight excluding hydrogens is 614 g/mol. The first kappa shape index (κ1) is 33.0. The molecule has 0 aliphatic heterocycles. The number of aliphatic hydroxyl groups is 3. The molecule has 1 fully saturated rings. The summed E-state index contributed by atoms with van der Waals surface area (Å²) >= 11 is 0. The molecule has 3 aromatic carbocycles. The summed E-state index contributed by atoms with van der Waals surface area (Å²) in [5.74, 6) is -6.33. The molecule has 0 radical (unpaired) electrons. The Bertz CT molecular complexity index is 1900. The molecule has 3 aliphatic rings. The molecule has 0 spiro atoms. The van der Waals surface area contributed by atoms with Gasteiger partial charge in [0.05, 0.1) is 18.7 Å². The summed E-state index contributed by atoms with van der Waals surface area (Å²) in [6, 6.07) is 18.0. The van der Waals surface area contributed by atoms with Crippen LogP contribution in [0.4, 0.5) is 0 Å². The Balaban J connectivity index is 1.45. The number of benzene rings is 3. The van der Waals surface area contributed by atoms with Crippen molar-refractivity contribution in [2.24, 2.45) is 17.6 Å². The van der Waals surface area contributed by atoms with Crippen molar-refractivity contribution in [3.05, 3.63) is 99.8 Å². The third-order valence-corrected chi connectivity index (χ3v) is 9.91. The number of carbonyl (C=O) groups is 3. The highest BCUT2D eigenvalue weighted by atomic mass is 16.5. The first-order valence-electron chi connectivity index (χ1n) is 15.7. The zero-order valence-electron chi connectivity index (χ0n) is 27.2. The van der Waals surface area contributed by atoms with E-state index in [1.807, 2.05) is 43.4 Å². The van der Waals surface area contributed by atoms with Crippen LogP contribution in [-0.4, -0.2) is 87.6 Å². The summed E-state index contributed by atoms with van der Waals surface area (Å²) < 4.78 is 5.75. The van der Waals surface area contributed by atoms with Crippen molar-refractivity contribution in [3.8, 4) is 22.6 Å². The molecule has 6 rings (SSSR count). The lowest BCUT2D eigenvalue weighted by Crippen LogP contribution is -2.65. The minimum atomic E-state index is -2.69. The molecule has 0 unspecified atom stereocenters. The molecule has 1 amide bonds. The SMILES string of the molecule is COc1ccc(CN(C)Cc2ccccc2)cc1-c1ccc(O)c2c1C[C@H]1C[C@H]3[C@H](N(C)C)C(=O)C(C(N)=O)=C(O)[C@@]3(O)C(=O)C1=C2O. The first-order chi connectivity index (χ1) is 22.8. The Morgan fingerprint density at radius 2 is 1.65 bits per heavy atom. The molecule has 6 N–H and O–H groups in total. The van der Waals surface area contributed by atoms with Gasteiger partial charge in [0.1, 0.15) is 28.6 Å². The Morgan fingerprint density at radius 3 is 2.29 bits per heavy atom. The molecule has 0 aromatic heterocycles. The van der Waals surface area contributed by atoms with Gasteiger partial charge in [-0.15, -0.1) is 0 Å². The van der Waals surface area contributed by atoms with Crippen LogP contribution in [0.25, 0.3) is 16.9 Å². The van der Waals surface area contributed by atoms with Gasteiger partial charge in [0.15, 0.2) is 11.4 Å². The molecule has 11 heteroatoms. The quantitative estimate of drug-likeness (QED) is 0.227. The van der Waals surface area contributed by atoms with E-state index in [0.717, 1.165) is 17.7 Å². The minimum absolute atomic E-state index is 0.00230. The van der Waals surface area contributed by atoms with Crippen molar-refractivity contribution in [2.75, 3.05) is 28.3 Å². The number of ketones is 2. The maximum atomic E-state index is 14.2. The van der Waals surface area contributed by atoms with Crippen LogP contribution in [0, 0.1) is 11.8 Å². The average Bonchev–Trinajstić information content (AvgIpc) is 3.03. The summed E-state index contributed by atoms with van der Waals surface area (Å²) in [6.07, 6.45) is 0.169. The van der Waals surface area contributed by atoms with E-state index in [0.29, 0.717) is 23.4 Å². The number of carbonyl (C=O) groups excluding carboxylic acids is 3. The molecule has 3 aliphatic carbocycles. The lowest BCUT2D eigenvalue weighted by atomic mass is 9.57. The zero-order chi connectivity index (χ0) is 34.7. The van der Waals surface area contributed by atoms with E-state index in [1.54, 1.807) is 27.3 Å². The number of Topliss-reactive ketones (excluding diaryl/α,β-unsaturated/α-hetero) is 2. The number of likely N-dealkylation sites (N-methyl/N-ethyl adjacent to an activating group) is 1. The summed E-state index contributed by atoms with van der Waals surface area (Å²) in [5, 5.41) is 45.7. The van der Waals surface area contributed by atoms with Crippen molar-refractivity contribution in [3.63, 3.8) is 0 Å². The molecule has 0 bridgehead atoms. The molecule has 0 saturated heterocycles. The van der Waals surface area contributed by atoms with Gasteiger partial charge >= 0.3 is 0 Å². The number of phenolic OH excluding ortho intramolecular Hbond substituents is 1. The van der Waals surface area contributed by atoms with E-state index in [4.69, 9.17) is 10.5 Å². The molecule has 4 atom stereocenters. The summed E-state index contributed by atoms with van der Waals surface area (Å²) in [4.78, 5) is 43.5. The fraction of sp³-hybridized carbons (Fsp3) is 0.324. The van der Waals surface area contributed by atoms with E-state index in [-0.39, 0.29) is 29.7 Å². The first-order valence-corrected chi connectivity index (χ1v) is 15.7. The van der Waals surface area contributed by atoms with Gasteiger partial charge in [0.25, 0.3) is 5.91 Å². The van der Waals surface area contributed by atoms with E-state index in [2.05, 4.69) is 17.0 Å². The number of aromatic hydroxyl groups is 1. The van der Waals surface area contributed by atoms with Gasteiger partial charge in [-0.25, -0.2) is 0 Å². The number of hydrogen-bond donors (Lipinski definition) is 5. The lowest BCUT2D eigenvalue weighted by molar-refractivity contribution is -0.153. The standard InChI is InChI=1S/C37H39N3O8/c1-39(2)31-25-16-21-15-24-22(23-14-20(10-13-27(23)48-4)18-40(3)17-19-8-6-5-7-9-19)11-12-26(41)29(24)32(42)28(21)34(44)37(25,47)35(45)30(33(31)43)36(38)46/h5-14,21,25,31,41-42,45,47H,15-18H2,1-4H3,(H2,38,46)/t21-,25-,31-,37-/m0/s1. The molecule has 11 nitrogen and oxygen atoms in total. The van der Waals surface area contributed by atoms with Gasteiger partial charge in [0, 0.05) is 30.1 Å². The molecule has 1 saturated carbocycles. The van der Waals surface area contributed by atoms with Gasteiger partial charge < -0.3 is 30.9 Å². The number of nitrogens with zero attached hydrogens (tertiary/aromatic N) is 2. The van der Waals surface area contributed by atoms with Crippen molar-refractivity contribution < 1.29 is 39.5 Å². The third kappa shape index (κ3) is 5.15. The third-order valence-electron chi connectivity index (χ3n) is 9.91. The number of aliphatic hydroxyl groups excluding tert-OH is 2. The highest BCUT2D eigenvalue weighted by Crippen LogP contribution is 2.54. The van der Waals surface area contributed by atoms with Crippen LogP contribution in [0.3, 0.4) is 0 Å². The monoisotopic (exact) mass is 653 g/mol. The van der Waals surface area contributed by atoms with Crippen LogP contribution in [0.5, 0.6) is 11.5 Å². The lowest BCUT2D eigenvalue weighted by Gasteiger charge is -2.50. The fourth-order valence-corrected chi connectivity index (χ4v) is 7.82. The number of nitrogens with two attached hydrogens (primary N) is 1. The van der Waals surface area contributed by atoms with Crippen LogP contribution in [0.1, 0.15) is 28.7 Å². The number of ether oxygens (including phenoxy) is 1. The largest absolute Gasteiger partial charge is 0.508 e. The molecule has 3 aromatic rings. The number of primary amides is 1. The van der Waals surface area contributed by atoms with Crippen molar-refractivity contribution in [2.45, 2.75) is 37.6 Å². The average molecular weight is 654 g/mol. The van der Waals surface area contributed by atoms with E-state index >= 15 is 0 Å². The molecule has 48 heavy (non-hydrogen) atoms. The van der Waals surface area contributed by atoms with Crippen LogP contribution in [-0.2, 0) is 33.9 Å². The zero-order valence-corrected chi connectivity index (χ0v) is 27.2. The minimum Gasteiger partial charge on any atom is -0.508 e. The van der Waals surface area contributed by atoms with Crippen molar-refractivity contribution >= 4 is 23.2 Å². The van der Waals surface area contributed by atoms with E-state index < -0.39 is 58.0 Å². The summed E-state index contributed by atoms with van der Waals surface area (Å²) in [6.45, 7) is 1.37. The Morgan fingerprint density at radius 1 is 0.958 bits per heavy atom. The number of rotatable bonds is 8. The van der Waals surface area contributed by atoms with Crippen LogP contribution in [0.15, 0.2) is 77.6 Å². The Kier molecular flexibility index (Phi) is 8.40. The second kappa shape index (κ2) is 12.2. The predicted octanol–water partition coefficient (Wildman–Crippen LogP) is 3.27. The van der Waals surface area contributed by atoms with Gasteiger partial charge in [-0.05, 0) is 80.4 Å². The molecular formula is C37H39N3O8. The molecule has 250 valence electrons. The topological polar surface area (TPSA) is 174 Å². The molecule has 0 heterocycles. The maximum absolute atomic E-state index is 14.2. The van der Waals surface area contributed by atoms with Crippen LogP contribution >= 0.6 is 0 Å². The van der Waals surface area contributed by atoms with E-state index in [1.165, 1.54) is 16.5 Å². The smallest absolute Gasteiger partial charge is 0.255 e. The highest BCUT2D eigenvalue weighted by molar-refractivity contribution is 6.24. The number of hydrogen-bond acceptors (Lipinski definition) is 10. The summed E-state index contributed by atoms with van der Waals surface area (Å²) in [5.41, 5.74) is 5.85. The van der Waals surface area contributed by atoms with Crippen LogP contribution in [0.2, 0.25) is 0 Å². The van der Waals surface area contributed by atoms with Gasteiger partial charge in [-0.3, -0.25) is 24.2 Å². The number of fused-ring (bicyclic) bond motifs is 3. The normalized spacial score (nSPS) is 23.7. The maximum Gasteiger partial charge on any atom is 0.255 e. The summed E-state index contributed by atoms with van der Waals surface area (Å²) in [7, 11) is 6.73. The van der Waals surface area contributed by atoms with Gasteiger partial charge in [0.2, 0.25) is 5.78 Å². The number of phenols is 1. The van der Waals surface area contributed by atoms with Gasteiger partial charge in [-0.2, -0.15) is 0 Å². The van der Waals surface area contributed by atoms with Crippen molar-refractivity contribution in [1.82, 2.24) is 9.80 Å². The van der Waals surface area contributed by atoms with Crippen molar-refractivity contribution in [1.29, 1.82) is 0 Å². The Labute approximate surface area is 278 Å². The fourth-order valence-electron chi connectivity index (χ4n) is 7.82. The van der Waals surface area contributed by atoms with E-state index in [9.17, 15) is 34.8 Å². The number of amides is 1. The van der Waals surface area contributed by atoms with Crippen LogP contribution < -0.4 is 10.5 Å². The highest BCUT2D eigenvalue weighted by Gasteiger charge is 2.64. The second-order valence-corrected chi connectivity index (χ2v) is 13.1. The predicted molar refractivity (Wildman–Crippen MR) is 178 cm³/mol.